The van der Waals surface area contributed by atoms with Crippen molar-refractivity contribution in [3.8, 4) is 0 Å². The van der Waals surface area contributed by atoms with Crippen LogP contribution in [0.1, 0.15) is 36.0 Å². The van der Waals surface area contributed by atoms with Crippen molar-refractivity contribution in [3.05, 3.63) is 28.2 Å². The van der Waals surface area contributed by atoms with E-state index in [0.29, 0.717) is 16.5 Å². The van der Waals surface area contributed by atoms with Crippen LogP contribution in [-0.4, -0.2) is 18.5 Å². The predicted molar refractivity (Wildman–Crippen MR) is 73.1 cm³/mol. The number of carbonyl (C=O) groups excluding carboxylic acids is 2. The molecule has 1 N–H and O–H groups in total. The number of hydrogen-bond donors (Lipinski definition) is 1. The minimum absolute atomic E-state index is 0.188. The van der Waals surface area contributed by atoms with Crippen LogP contribution in [0.25, 0.3) is 0 Å². The Morgan fingerprint density at radius 1 is 1.44 bits per heavy atom. The zero-order valence-corrected chi connectivity index (χ0v) is 11.8. The first kappa shape index (κ1) is 14.4. The molecule has 1 aromatic heterocycles. The van der Waals surface area contributed by atoms with E-state index in [4.69, 9.17) is 4.74 Å². The summed E-state index contributed by atoms with van der Waals surface area (Å²) >= 11 is 1.23. The third-order valence-electron chi connectivity index (χ3n) is 2.04. The monoisotopic (exact) mass is 267 g/mol. The van der Waals surface area contributed by atoms with E-state index in [1.165, 1.54) is 17.4 Å². The highest BCUT2D eigenvalue weighted by Crippen LogP contribution is 2.27. The number of amides is 1. The molecule has 18 heavy (non-hydrogen) atoms. The average Bonchev–Trinajstić information content (AvgIpc) is 2.58. The number of hydrogen-bond acceptors (Lipinski definition) is 4. The number of rotatable bonds is 4. The second kappa shape index (κ2) is 6.35. The van der Waals surface area contributed by atoms with Crippen LogP contribution in [0.15, 0.2) is 17.7 Å². The Morgan fingerprint density at radius 3 is 2.67 bits per heavy atom. The number of anilines is 1. The fourth-order valence-corrected chi connectivity index (χ4v) is 2.33. The number of esters is 1. The van der Waals surface area contributed by atoms with Gasteiger partial charge in [0.05, 0.1) is 11.6 Å². The van der Waals surface area contributed by atoms with Gasteiger partial charge in [-0.3, -0.25) is 4.79 Å². The lowest BCUT2D eigenvalue weighted by Crippen LogP contribution is -2.06. The lowest BCUT2D eigenvalue weighted by molar-refractivity contribution is -0.111. The maximum absolute atomic E-state index is 11.6. The highest BCUT2D eigenvalue weighted by Gasteiger charge is 2.15. The maximum Gasteiger partial charge on any atom is 0.348 e. The lowest BCUT2D eigenvalue weighted by Gasteiger charge is -1.99. The third-order valence-corrected chi connectivity index (χ3v) is 3.18. The Morgan fingerprint density at radius 2 is 2.11 bits per heavy atom. The maximum atomic E-state index is 11.6. The molecule has 1 heterocycles. The first-order chi connectivity index (χ1) is 8.43. The van der Waals surface area contributed by atoms with Crippen LogP contribution in [0.3, 0.4) is 0 Å². The van der Waals surface area contributed by atoms with Crippen LogP contribution in [0.2, 0.25) is 0 Å². The Kier molecular flexibility index (Phi) is 5.09. The quantitative estimate of drug-likeness (QED) is 0.673. The molecule has 1 rings (SSSR count). The van der Waals surface area contributed by atoms with Crippen LogP contribution in [0.4, 0.5) is 5.00 Å². The molecule has 98 valence electrons. The molecule has 1 aromatic rings. The van der Waals surface area contributed by atoms with Gasteiger partial charge in [0.25, 0.3) is 0 Å². The SMILES string of the molecule is CCOC(=O)c1sc(NC(=O)C=C(C)C)cc1C. The molecule has 0 aliphatic carbocycles. The third kappa shape index (κ3) is 4.00. The lowest BCUT2D eigenvalue weighted by atomic mass is 10.3. The smallest absolute Gasteiger partial charge is 0.348 e. The normalized spacial score (nSPS) is 9.78. The van der Waals surface area contributed by atoms with Crippen molar-refractivity contribution in [2.45, 2.75) is 27.7 Å². The fourth-order valence-electron chi connectivity index (χ4n) is 1.36. The van der Waals surface area contributed by atoms with Gasteiger partial charge in [-0.25, -0.2) is 4.79 Å². The zero-order valence-electron chi connectivity index (χ0n) is 11.0. The predicted octanol–water partition coefficient (Wildman–Crippen LogP) is 3.14. The minimum atomic E-state index is -0.345. The van der Waals surface area contributed by atoms with Crippen LogP contribution in [0.5, 0.6) is 0 Å². The van der Waals surface area contributed by atoms with Gasteiger partial charge in [0, 0.05) is 6.08 Å². The van der Waals surface area contributed by atoms with E-state index in [2.05, 4.69) is 5.32 Å². The molecular formula is C13H17NO3S. The summed E-state index contributed by atoms with van der Waals surface area (Å²) in [6.45, 7) is 7.62. The van der Waals surface area contributed by atoms with Crippen molar-refractivity contribution in [3.63, 3.8) is 0 Å². The summed E-state index contributed by atoms with van der Waals surface area (Å²) < 4.78 is 4.94. The number of nitrogens with one attached hydrogen (secondary N) is 1. The average molecular weight is 267 g/mol. The van der Waals surface area contributed by atoms with Gasteiger partial charge in [-0.15, -0.1) is 11.3 Å². The molecule has 1 amide bonds. The highest BCUT2D eigenvalue weighted by molar-refractivity contribution is 7.18. The van der Waals surface area contributed by atoms with Crippen LogP contribution in [0, 0.1) is 6.92 Å². The molecule has 0 aliphatic heterocycles. The largest absolute Gasteiger partial charge is 0.462 e. The molecule has 4 nitrogen and oxygen atoms in total. The number of thiophene rings is 1. The van der Waals surface area contributed by atoms with Gasteiger partial charge in [-0.05, 0) is 39.3 Å². The zero-order chi connectivity index (χ0) is 13.7. The Balaban J connectivity index is 2.81. The summed E-state index contributed by atoms with van der Waals surface area (Å²) in [5.74, 6) is -0.533. The number of carbonyl (C=O) groups is 2. The minimum Gasteiger partial charge on any atom is -0.462 e. The van der Waals surface area contributed by atoms with Gasteiger partial charge in [-0.1, -0.05) is 5.57 Å². The van der Waals surface area contributed by atoms with Gasteiger partial charge in [0.15, 0.2) is 0 Å². The van der Waals surface area contributed by atoms with E-state index < -0.39 is 0 Å². The molecular weight excluding hydrogens is 250 g/mol. The van der Waals surface area contributed by atoms with Gasteiger partial charge in [-0.2, -0.15) is 0 Å². The highest BCUT2D eigenvalue weighted by atomic mass is 32.1. The molecule has 0 atom stereocenters. The Hall–Kier alpha value is -1.62. The van der Waals surface area contributed by atoms with Crippen LogP contribution >= 0.6 is 11.3 Å². The Labute approximate surface area is 111 Å². The van der Waals surface area contributed by atoms with Crippen LogP contribution in [-0.2, 0) is 9.53 Å². The van der Waals surface area contributed by atoms with Crippen LogP contribution < -0.4 is 5.32 Å². The van der Waals surface area contributed by atoms with Crippen molar-refractivity contribution < 1.29 is 14.3 Å². The number of allylic oxidation sites excluding steroid dienone is 1. The molecule has 0 aliphatic rings. The van der Waals surface area contributed by atoms with E-state index in [1.54, 1.807) is 13.0 Å². The Bertz CT molecular complexity index is 484. The molecule has 0 aromatic carbocycles. The molecule has 0 unspecified atom stereocenters. The summed E-state index contributed by atoms with van der Waals surface area (Å²) in [5, 5.41) is 3.38. The second-order valence-corrected chi connectivity index (χ2v) is 5.11. The van der Waals surface area contributed by atoms with E-state index >= 15 is 0 Å². The topological polar surface area (TPSA) is 55.4 Å². The van der Waals surface area contributed by atoms with Gasteiger partial charge in [0.1, 0.15) is 4.88 Å². The molecule has 0 radical (unpaired) electrons. The molecule has 0 saturated heterocycles. The van der Waals surface area contributed by atoms with E-state index in [1.807, 2.05) is 20.8 Å². The van der Waals surface area contributed by atoms with Gasteiger partial charge < -0.3 is 10.1 Å². The second-order valence-electron chi connectivity index (χ2n) is 4.05. The van der Waals surface area contributed by atoms with E-state index in [0.717, 1.165) is 11.1 Å². The molecule has 5 heteroatoms. The molecule has 0 saturated carbocycles. The summed E-state index contributed by atoms with van der Waals surface area (Å²) in [5.41, 5.74) is 1.73. The molecule has 0 fully saturated rings. The fraction of sp³-hybridized carbons (Fsp3) is 0.385. The van der Waals surface area contributed by atoms with Gasteiger partial charge >= 0.3 is 5.97 Å². The number of aryl methyl sites for hydroxylation is 1. The van der Waals surface area contributed by atoms with Crippen molar-refractivity contribution >= 4 is 28.2 Å². The van der Waals surface area contributed by atoms with Crippen molar-refractivity contribution in [2.75, 3.05) is 11.9 Å². The van der Waals surface area contributed by atoms with Gasteiger partial charge in [0.2, 0.25) is 5.91 Å². The summed E-state index contributed by atoms with van der Waals surface area (Å²) in [7, 11) is 0. The number of ether oxygens (including phenoxy) is 1. The standard InChI is InChI=1S/C13H17NO3S/c1-5-17-13(16)12-9(4)7-11(18-12)14-10(15)6-8(2)3/h6-7H,5H2,1-4H3,(H,14,15). The summed E-state index contributed by atoms with van der Waals surface area (Å²) in [6.07, 6.45) is 1.51. The molecule has 0 spiro atoms. The van der Waals surface area contributed by atoms with E-state index in [-0.39, 0.29) is 11.9 Å². The first-order valence-corrected chi connectivity index (χ1v) is 6.49. The molecule has 0 bridgehead atoms. The van der Waals surface area contributed by atoms with Crippen molar-refractivity contribution in [2.24, 2.45) is 0 Å². The summed E-state index contributed by atoms with van der Waals surface area (Å²) in [6, 6.07) is 1.77. The van der Waals surface area contributed by atoms with Crippen molar-refractivity contribution in [1.82, 2.24) is 0 Å². The van der Waals surface area contributed by atoms with E-state index in [9.17, 15) is 9.59 Å². The van der Waals surface area contributed by atoms with Crippen molar-refractivity contribution in [1.29, 1.82) is 0 Å². The summed E-state index contributed by atoms with van der Waals surface area (Å²) in [4.78, 5) is 23.7. The first-order valence-electron chi connectivity index (χ1n) is 5.67.